The summed E-state index contributed by atoms with van der Waals surface area (Å²) in [4.78, 5) is 38.6. The summed E-state index contributed by atoms with van der Waals surface area (Å²) in [6, 6.07) is 5.42. The minimum atomic E-state index is -2.93. The van der Waals surface area contributed by atoms with E-state index in [0.29, 0.717) is 11.0 Å². The maximum absolute atomic E-state index is 14.4. The number of piperazine rings is 1. The minimum absolute atomic E-state index is 0.0120. The van der Waals surface area contributed by atoms with Crippen LogP contribution in [0.2, 0.25) is 0 Å². The van der Waals surface area contributed by atoms with Crippen molar-refractivity contribution in [2.75, 3.05) is 25.5 Å². The topological polar surface area (TPSA) is 83.4 Å². The average molecular weight is 472 g/mol. The van der Waals surface area contributed by atoms with Crippen LogP contribution in [-0.2, 0) is 13.6 Å². The van der Waals surface area contributed by atoms with Gasteiger partial charge in [-0.25, -0.2) is 23.1 Å². The number of fused-ring (bicyclic) bond motifs is 3. The van der Waals surface area contributed by atoms with E-state index in [2.05, 4.69) is 20.2 Å². The maximum Gasteiger partial charge on any atom is 0.266 e. The average Bonchev–Trinajstić information content (AvgIpc) is 2.80. The number of rotatable bonds is 5. The van der Waals surface area contributed by atoms with Gasteiger partial charge in [0.05, 0.1) is 10.9 Å². The number of nitrogens with zero attached hydrogens (tertiary/aromatic N) is 5. The van der Waals surface area contributed by atoms with Crippen LogP contribution in [0.3, 0.4) is 0 Å². The summed E-state index contributed by atoms with van der Waals surface area (Å²) < 4.78 is 41.8. The molecule has 2 bridgehead atoms. The third-order valence-electron chi connectivity index (χ3n) is 6.63. The number of hydrogen-bond acceptors (Lipinski definition) is 6. The van der Waals surface area contributed by atoms with E-state index in [1.165, 1.54) is 36.1 Å². The molecule has 0 spiro atoms. The number of anilines is 1. The van der Waals surface area contributed by atoms with E-state index in [0.717, 1.165) is 25.6 Å². The summed E-state index contributed by atoms with van der Waals surface area (Å²) in [7, 11) is 3.53. The molecule has 178 valence electrons. The number of piperidine rings is 1. The molecule has 0 saturated carbocycles. The highest BCUT2D eigenvalue weighted by atomic mass is 19.3. The lowest BCUT2D eigenvalue weighted by Gasteiger charge is -2.55. The molecular weight excluding hydrogens is 449 g/mol. The van der Waals surface area contributed by atoms with E-state index < -0.39 is 23.4 Å². The second-order valence-corrected chi connectivity index (χ2v) is 8.83. The summed E-state index contributed by atoms with van der Waals surface area (Å²) in [6.45, 7) is 1.40. The van der Waals surface area contributed by atoms with Crippen LogP contribution in [0.25, 0.3) is 11.0 Å². The van der Waals surface area contributed by atoms with Crippen LogP contribution >= 0.6 is 0 Å². The van der Waals surface area contributed by atoms with Crippen LogP contribution in [0.1, 0.15) is 34.3 Å². The van der Waals surface area contributed by atoms with Gasteiger partial charge in [0.1, 0.15) is 29.2 Å². The number of pyridine rings is 1. The standard InChI is InChI=1S/C23H23F3N6O2/c1-30-9-13-6-14(10-30)32(13)23(34)17-7-16-20(28-11-29-21(16)31(2)22(17)33)27-8-12-4-3-5-15(18(12)24)19(25)26/h3-5,7,11,13-14,19H,6,8-10H2,1-2H3,(H,27,28,29). The number of nitrogens with one attached hydrogen (secondary N) is 1. The third-order valence-corrected chi connectivity index (χ3v) is 6.63. The largest absolute Gasteiger partial charge is 0.365 e. The number of hydrogen-bond donors (Lipinski definition) is 1. The zero-order valence-electron chi connectivity index (χ0n) is 18.6. The number of aromatic nitrogens is 3. The Hall–Kier alpha value is -3.47. The van der Waals surface area contributed by atoms with Gasteiger partial charge in [-0.05, 0) is 19.5 Å². The fourth-order valence-electron chi connectivity index (χ4n) is 4.94. The Bertz CT molecular complexity index is 1330. The van der Waals surface area contributed by atoms with Crippen LogP contribution in [0, 0.1) is 5.82 Å². The molecule has 5 heterocycles. The van der Waals surface area contributed by atoms with E-state index >= 15 is 0 Å². The van der Waals surface area contributed by atoms with Crippen molar-refractivity contribution >= 4 is 22.8 Å². The number of carbonyl (C=O) groups excluding carboxylic acids is 1. The SMILES string of the molecule is CN1CC2CC(C1)N2C(=O)c1cc2c(NCc3cccc(C(F)F)c3F)ncnc2n(C)c1=O. The monoisotopic (exact) mass is 472 g/mol. The fraction of sp³-hybridized carbons (Fsp3) is 0.391. The first-order valence-electron chi connectivity index (χ1n) is 10.9. The number of carbonyl (C=O) groups is 1. The Balaban J connectivity index is 1.49. The van der Waals surface area contributed by atoms with Crippen molar-refractivity contribution in [3.8, 4) is 0 Å². The van der Waals surface area contributed by atoms with Gasteiger partial charge in [-0.1, -0.05) is 18.2 Å². The summed E-state index contributed by atoms with van der Waals surface area (Å²) in [5.41, 5.74) is -0.783. The Morgan fingerprint density at radius 2 is 1.94 bits per heavy atom. The van der Waals surface area contributed by atoms with Gasteiger partial charge in [-0.2, -0.15) is 0 Å². The fourth-order valence-corrected chi connectivity index (χ4v) is 4.94. The van der Waals surface area contributed by atoms with Gasteiger partial charge < -0.3 is 15.1 Å². The molecule has 3 aliphatic heterocycles. The molecule has 0 aliphatic carbocycles. The van der Waals surface area contributed by atoms with E-state index in [1.807, 2.05) is 7.05 Å². The second kappa shape index (κ2) is 8.39. The van der Waals surface area contributed by atoms with E-state index in [-0.39, 0.29) is 41.5 Å². The predicted molar refractivity (Wildman–Crippen MR) is 119 cm³/mol. The molecule has 11 heteroatoms. The number of halogens is 3. The highest BCUT2D eigenvalue weighted by molar-refractivity contribution is 5.99. The Kier molecular flexibility index (Phi) is 5.51. The van der Waals surface area contributed by atoms with Crippen molar-refractivity contribution in [1.29, 1.82) is 0 Å². The zero-order valence-corrected chi connectivity index (χ0v) is 18.6. The molecule has 2 unspecified atom stereocenters. The summed E-state index contributed by atoms with van der Waals surface area (Å²) in [5.74, 6) is -1.05. The summed E-state index contributed by atoms with van der Waals surface area (Å²) in [5, 5.41) is 3.35. The quantitative estimate of drug-likeness (QED) is 0.615. The molecule has 2 aromatic heterocycles. The van der Waals surface area contributed by atoms with E-state index in [4.69, 9.17) is 0 Å². The predicted octanol–water partition coefficient (Wildman–Crippen LogP) is 2.55. The number of likely N-dealkylation sites (N-methyl/N-ethyl adjacent to an activating group) is 1. The number of alkyl halides is 2. The number of amides is 1. The normalized spacial score (nSPS) is 20.0. The van der Waals surface area contributed by atoms with Gasteiger partial charge in [-0.3, -0.25) is 14.2 Å². The molecule has 2 atom stereocenters. The number of benzene rings is 1. The Labute approximate surface area is 193 Å². The van der Waals surface area contributed by atoms with Crippen molar-refractivity contribution in [3.63, 3.8) is 0 Å². The molecule has 1 amide bonds. The molecular formula is C23H23F3N6O2. The summed E-state index contributed by atoms with van der Waals surface area (Å²) in [6.07, 6.45) is -0.764. The van der Waals surface area contributed by atoms with Crippen LogP contribution in [0.4, 0.5) is 19.0 Å². The molecule has 3 aromatic rings. The first-order valence-corrected chi connectivity index (χ1v) is 10.9. The zero-order chi connectivity index (χ0) is 24.1. The van der Waals surface area contributed by atoms with Gasteiger partial charge in [0.15, 0.2) is 0 Å². The van der Waals surface area contributed by atoms with E-state index in [1.54, 1.807) is 4.90 Å². The Morgan fingerprint density at radius 3 is 2.65 bits per heavy atom. The van der Waals surface area contributed by atoms with Crippen molar-refractivity contribution in [3.05, 3.63) is 63.5 Å². The molecule has 6 rings (SSSR count). The van der Waals surface area contributed by atoms with Crippen LogP contribution in [0.15, 0.2) is 35.4 Å². The van der Waals surface area contributed by atoms with Crippen LogP contribution in [0.5, 0.6) is 0 Å². The smallest absolute Gasteiger partial charge is 0.266 e. The highest BCUT2D eigenvalue weighted by Crippen LogP contribution is 2.33. The second-order valence-electron chi connectivity index (χ2n) is 8.83. The highest BCUT2D eigenvalue weighted by Gasteiger charge is 2.47. The van der Waals surface area contributed by atoms with Gasteiger partial charge >= 0.3 is 0 Å². The molecule has 3 saturated heterocycles. The minimum Gasteiger partial charge on any atom is -0.365 e. The molecule has 1 aromatic carbocycles. The molecule has 3 aliphatic rings. The van der Waals surface area contributed by atoms with Gasteiger partial charge in [0, 0.05) is 44.3 Å². The number of aryl methyl sites for hydroxylation is 1. The summed E-state index contributed by atoms with van der Waals surface area (Å²) >= 11 is 0. The van der Waals surface area contributed by atoms with Crippen LogP contribution < -0.4 is 10.9 Å². The van der Waals surface area contributed by atoms with Gasteiger partial charge in [0.25, 0.3) is 17.9 Å². The third kappa shape index (κ3) is 3.60. The lowest BCUT2D eigenvalue weighted by molar-refractivity contribution is -0.0398. The Morgan fingerprint density at radius 1 is 1.21 bits per heavy atom. The molecule has 0 radical (unpaired) electrons. The molecule has 8 nitrogen and oxygen atoms in total. The lowest BCUT2D eigenvalue weighted by Crippen LogP contribution is -2.69. The molecule has 34 heavy (non-hydrogen) atoms. The maximum atomic E-state index is 14.4. The van der Waals surface area contributed by atoms with Gasteiger partial charge in [0.2, 0.25) is 0 Å². The first kappa shape index (κ1) is 22.3. The van der Waals surface area contributed by atoms with Crippen molar-refractivity contribution in [1.82, 2.24) is 24.3 Å². The molecule has 3 fully saturated rings. The van der Waals surface area contributed by atoms with Gasteiger partial charge in [-0.15, -0.1) is 0 Å². The first-order chi connectivity index (χ1) is 16.3. The van der Waals surface area contributed by atoms with E-state index in [9.17, 15) is 22.8 Å². The lowest BCUT2D eigenvalue weighted by atomic mass is 9.87. The van der Waals surface area contributed by atoms with Crippen molar-refractivity contribution in [2.45, 2.75) is 31.5 Å². The van der Waals surface area contributed by atoms with Crippen molar-refractivity contribution < 1.29 is 18.0 Å². The van der Waals surface area contributed by atoms with Crippen molar-refractivity contribution in [2.24, 2.45) is 7.05 Å². The van der Waals surface area contributed by atoms with Crippen LogP contribution in [-0.4, -0.2) is 62.5 Å². The molecule has 1 N–H and O–H groups in total.